The first-order valence-electron chi connectivity index (χ1n) is 8.29. The zero-order valence-electron chi connectivity index (χ0n) is 15.5. The molecule has 2 N–H and O–H groups in total. The summed E-state index contributed by atoms with van der Waals surface area (Å²) < 4.78 is 0. The van der Waals surface area contributed by atoms with Crippen LogP contribution in [0.5, 0.6) is 0 Å². The van der Waals surface area contributed by atoms with Crippen LogP contribution in [0.15, 0.2) is 0 Å². The van der Waals surface area contributed by atoms with Crippen LogP contribution in [0, 0.1) is 35.5 Å². The summed E-state index contributed by atoms with van der Waals surface area (Å²) in [7, 11) is 0. The molecule has 0 aliphatic rings. The van der Waals surface area contributed by atoms with Gasteiger partial charge in [0.25, 0.3) is 0 Å². The van der Waals surface area contributed by atoms with Crippen LogP contribution in [0.4, 0.5) is 0 Å². The smallest absolute Gasteiger partial charge is 0.0591 e. The maximum atomic E-state index is 9.57. The van der Waals surface area contributed by atoms with Gasteiger partial charge in [0, 0.05) is 0 Å². The summed E-state index contributed by atoms with van der Waals surface area (Å²) in [5.41, 5.74) is 0. The van der Waals surface area contributed by atoms with Gasteiger partial charge in [0.1, 0.15) is 0 Å². The number of hydrogen-bond acceptors (Lipinski definition) is 2. The first-order chi connectivity index (χ1) is 8.93. The zero-order valence-corrected chi connectivity index (χ0v) is 15.5. The van der Waals surface area contributed by atoms with Gasteiger partial charge in [0.2, 0.25) is 0 Å². The summed E-state index contributed by atoms with van der Waals surface area (Å²) in [6.07, 6.45) is -0.278. The van der Waals surface area contributed by atoms with E-state index in [4.69, 9.17) is 0 Å². The van der Waals surface area contributed by atoms with Crippen molar-refractivity contribution in [1.29, 1.82) is 0 Å². The van der Waals surface area contributed by atoms with Crippen LogP contribution in [-0.4, -0.2) is 22.4 Å². The maximum absolute atomic E-state index is 9.57. The van der Waals surface area contributed by atoms with E-state index >= 15 is 0 Å². The van der Waals surface area contributed by atoms with Gasteiger partial charge in [-0.3, -0.25) is 0 Å². The molecule has 0 aromatic rings. The van der Waals surface area contributed by atoms with Gasteiger partial charge in [-0.25, -0.2) is 0 Å². The molecular weight excluding hydrogens is 248 g/mol. The van der Waals surface area contributed by atoms with Crippen LogP contribution in [0.3, 0.4) is 0 Å². The molecule has 0 aliphatic heterocycles. The molecular formula is C18H40O2. The summed E-state index contributed by atoms with van der Waals surface area (Å²) in [5, 5.41) is 19.1. The molecule has 4 unspecified atom stereocenters. The van der Waals surface area contributed by atoms with Crippen molar-refractivity contribution < 1.29 is 10.2 Å². The van der Waals surface area contributed by atoms with Gasteiger partial charge in [-0.05, 0) is 35.5 Å². The first kappa shape index (κ1) is 22.2. The fourth-order valence-corrected chi connectivity index (χ4v) is 2.00. The topological polar surface area (TPSA) is 40.5 Å². The second-order valence-electron chi connectivity index (χ2n) is 7.68. The van der Waals surface area contributed by atoms with E-state index in [1.54, 1.807) is 0 Å². The Labute approximate surface area is 128 Å². The Kier molecular flexibility index (Phi) is 11.8. The predicted octanol–water partition coefficient (Wildman–Crippen LogP) is 4.59. The van der Waals surface area contributed by atoms with E-state index in [-0.39, 0.29) is 12.2 Å². The minimum Gasteiger partial charge on any atom is -0.393 e. The Morgan fingerprint density at radius 1 is 0.400 bits per heavy atom. The summed E-state index contributed by atoms with van der Waals surface area (Å²) in [5.74, 6) is 2.77. The molecule has 0 amide bonds. The highest BCUT2D eigenvalue weighted by atomic mass is 16.3. The molecule has 0 aromatic heterocycles. The van der Waals surface area contributed by atoms with Gasteiger partial charge in [0.05, 0.1) is 12.2 Å². The van der Waals surface area contributed by atoms with Gasteiger partial charge in [0.15, 0.2) is 0 Å². The number of aliphatic hydroxyl groups is 2. The highest BCUT2D eigenvalue weighted by Crippen LogP contribution is 2.20. The molecule has 0 rings (SSSR count). The van der Waals surface area contributed by atoms with E-state index in [0.29, 0.717) is 35.5 Å². The lowest BCUT2D eigenvalue weighted by atomic mass is 9.86. The van der Waals surface area contributed by atoms with Crippen LogP contribution in [0.1, 0.15) is 69.2 Å². The Balaban J connectivity index is 0. The minimum atomic E-state index is -0.139. The van der Waals surface area contributed by atoms with Gasteiger partial charge in [-0.15, -0.1) is 0 Å². The fourth-order valence-electron chi connectivity index (χ4n) is 2.00. The Hall–Kier alpha value is -0.0800. The first-order valence-corrected chi connectivity index (χ1v) is 8.29. The van der Waals surface area contributed by atoms with Gasteiger partial charge in [-0.2, -0.15) is 0 Å². The van der Waals surface area contributed by atoms with Crippen molar-refractivity contribution in [2.45, 2.75) is 81.4 Å². The lowest BCUT2D eigenvalue weighted by molar-refractivity contribution is 0.0516. The highest BCUT2D eigenvalue weighted by Gasteiger charge is 2.20. The number of hydrogen-bond donors (Lipinski definition) is 2. The van der Waals surface area contributed by atoms with Crippen LogP contribution in [-0.2, 0) is 0 Å². The van der Waals surface area contributed by atoms with Crippen molar-refractivity contribution in [1.82, 2.24) is 0 Å². The van der Waals surface area contributed by atoms with E-state index in [1.165, 1.54) is 0 Å². The van der Waals surface area contributed by atoms with Crippen molar-refractivity contribution >= 4 is 0 Å². The number of aliphatic hydroxyl groups excluding tert-OH is 2. The third kappa shape index (κ3) is 8.97. The van der Waals surface area contributed by atoms with Crippen molar-refractivity contribution in [2.24, 2.45) is 35.5 Å². The second kappa shape index (κ2) is 10.6. The maximum Gasteiger partial charge on any atom is 0.0591 e. The van der Waals surface area contributed by atoms with Gasteiger partial charge >= 0.3 is 0 Å². The predicted molar refractivity (Wildman–Crippen MR) is 89.7 cm³/mol. The van der Waals surface area contributed by atoms with Crippen LogP contribution in [0.25, 0.3) is 0 Å². The lowest BCUT2D eigenvalue weighted by Crippen LogP contribution is -2.27. The molecule has 0 spiro atoms. The third-order valence-corrected chi connectivity index (χ3v) is 4.55. The van der Waals surface area contributed by atoms with E-state index in [2.05, 4.69) is 69.2 Å². The minimum absolute atomic E-state index is 0.139. The highest BCUT2D eigenvalue weighted by molar-refractivity contribution is 4.70. The van der Waals surface area contributed by atoms with Crippen molar-refractivity contribution in [3.63, 3.8) is 0 Å². The standard InChI is InChI=1S/2C9H20O/c2*1-6(2)8(5)9(10)7(3)4/h2*6-10H,1-5H3. The average molecular weight is 289 g/mol. The SMILES string of the molecule is CC(C)C(C)C(O)C(C)C.CC(C)C(C)C(O)C(C)C. The molecule has 2 nitrogen and oxygen atoms in total. The monoisotopic (exact) mass is 288 g/mol. The largest absolute Gasteiger partial charge is 0.393 e. The molecule has 0 saturated carbocycles. The Morgan fingerprint density at radius 2 is 0.600 bits per heavy atom. The molecule has 0 fully saturated rings. The molecule has 20 heavy (non-hydrogen) atoms. The van der Waals surface area contributed by atoms with E-state index in [0.717, 1.165) is 0 Å². The molecule has 0 heterocycles. The van der Waals surface area contributed by atoms with Crippen molar-refractivity contribution in [2.75, 3.05) is 0 Å². The molecule has 0 aromatic carbocycles. The summed E-state index contributed by atoms with van der Waals surface area (Å²) >= 11 is 0. The molecule has 0 radical (unpaired) electrons. The van der Waals surface area contributed by atoms with Crippen LogP contribution < -0.4 is 0 Å². The summed E-state index contributed by atoms with van der Waals surface area (Å²) in [4.78, 5) is 0. The molecule has 0 bridgehead atoms. The Morgan fingerprint density at radius 3 is 0.650 bits per heavy atom. The Bertz CT molecular complexity index is 173. The zero-order chi connectivity index (χ0) is 16.6. The van der Waals surface area contributed by atoms with Crippen LogP contribution in [0.2, 0.25) is 0 Å². The van der Waals surface area contributed by atoms with Gasteiger partial charge in [-0.1, -0.05) is 69.2 Å². The lowest BCUT2D eigenvalue weighted by Gasteiger charge is -2.25. The summed E-state index contributed by atoms with van der Waals surface area (Å²) in [6.45, 7) is 21.0. The fraction of sp³-hybridized carbons (Fsp3) is 1.00. The summed E-state index contributed by atoms with van der Waals surface area (Å²) in [6, 6.07) is 0. The molecule has 0 saturated heterocycles. The molecule has 124 valence electrons. The van der Waals surface area contributed by atoms with E-state index in [1.807, 2.05) is 0 Å². The average Bonchev–Trinajstić information content (AvgIpc) is 2.35. The second-order valence-corrected chi connectivity index (χ2v) is 7.68. The van der Waals surface area contributed by atoms with E-state index < -0.39 is 0 Å². The third-order valence-electron chi connectivity index (χ3n) is 4.55. The van der Waals surface area contributed by atoms with Crippen LogP contribution >= 0.6 is 0 Å². The molecule has 0 aliphatic carbocycles. The van der Waals surface area contributed by atoms with Gasteiger partial charge < -0.3 is 10.2 Å². The molecule has 4 atom stereocenters. The number of rotatable bonds is 6. The molecule has 2 heteroatoms. The normalized spacial score (nSPS) is 18.0. The van der Waals surface area contributed by atoms with E-state index in [9.17, 15) is 10.2 Å². The quantitative estimate of drug-likeness (QED) is 0.750. The van der Waals surface area contributed by atoms with Crippen molar-refractivity contribution in [3.05, 3.63) is 0 Å². The van der Waals surface area contributed by atoms with Crippen molar-refractivity contribution in [3.8, 4) is 0 Å².